The van der Waals surface area contributed by atoms with E-state index < -0.39 is 0 Å². The van der Waals surface area contributed by atoms with Crippen molar-refractivity contribution in [2.24, 2.45) is 5.92 Å². The molecule has 0 aliphatic heterocycles. The molecule has 19 heavy (non-hydrogen) atoms. The van der Waals surface area contributed by atoms with Crippen LogP contribution in [0.5, 0.6) is 0 Å². The predicted molar refractivity (Wildman–Crippen MR) is 78.4 cm³/mol. The Hall–Kier alpha value is -0.840. The quantitative estimate of drug-likeness (QED) is 0.662. The minimum absolute atomic E-state index is 0.420. The van der Waals surface area contributed by atoms with Crippen LogP contribution >= 0.6 is 0 Å². The van der Waals surface area contributed by atoms with Gasteiger partial charge in [-0.25, -0.2) is 0 Å². The van der Waals surface area contributed by atoms with Gasteiger partial charge in [0.2, 0.25) is 0 Å². The lowest BCUT2D eigenvalue weighted by Crippen LogP contribution is -2.21. The van der Waals surface area contributed by atoms with Gasteiger partial charge in [0.05, 0.1) is 6.61 Å². The molecule has 1 unspecified atom stereocenters. The van der Waals surface area contributed by atoms with Crippen molar-refractivity contribution in [2.75, 3.05) is 34.0 Å². The largest absolute Gasteiger partial charge is 0.385 e. The summed E-state index contributed by atoms with van der Waals surface area (Å²) in [7, 11) is 3.73. The number of hydrogen-bond donors (Lipinski definition) is 1. The third-order valence-corrected chi connectivity index (χ3v) is 3.24. The van der Waals surface area contributed by atoms with E-state index in [1.807, 2.05) is 7.05 Å². The van der Waals surface area contributed by atoms with E-state index in [9.17, 15) is 0 Å². The zero-order valence-corrected chi connectivity index (χ0v) is 12.7. The molecular weight excluding hydrogens is 240 g/mol. The normalized spacial score (nSPS) is 13.1. The average molecular weight is 268 g/mol. The average Bonchev–Trinajstić information content (AvgIpc) is 2.82. The highest BCUT2D eigenvalue weighted by Crippen LogP contribution is 2.21. The monoisotopic (exact) mass is 268 g/mol. The molecule has 0 fully saturated rings. The Bertz CT molecular complexity index is 337. The van der Waals surface area contributed by atoms with E-state index in [0.29, 0.717) is 12.0 Å². The minimum atomic E-state index is 0.420. The van der Waals surface area contributed by atoms with E-state index in [1.54, 1.807) is 7.11 Å². The van der Waals surface area contributed by atoms with Gasteiger partial charge in [-0.05, 0) is 31.0 Å². The van der Waals surface area contributed by atoms with Crippen molar-refractivity contribution in [2.45, 2.75) is 32.9 Å². The summed E-state index contributed by atoms with van der Waals surface area (Å²) >= 11 is 0. The van der Waals surface area contributed by atoms with Crippen LogP contribution in [0.3, 0.4) is 0 Å². The van der Waals surface area contributed by atoms with Gasteiger partial charge >= 0.3 is 0 Å². The molecular formula is C15H28N2O2. The van der Waals surface area contributed by atoms with E-state index in [2.05, 4.69) is 42.2 Å². The number of nitrogens with one attached hydrogen (secondary N) is 1. The molecule has 1 aromatic rings. The predicted octanol–water partition coefficient (Wildman–Crippen LogP) is 2.46. The van der Waals surface area contributed by atoms with Crippen molar-refractivity contribution in [3.8, 4) is 0 Å². The van der Waals surface area contributed by atoms with Gasteiger partial charge in [-0.2, -0.15) is 0 Å². The lowest BCUT2D eigenvalue weighted by molar-refractivity contribution is 0.0977. The Balaban J connectivity index is 2.30. The first-order valence-corrected chi connectivity index (χ1v) is 7.08. The highest BCUT2D eigenvalue weighted by Gasteiger charge is 2.14. The van der Waals surface area contributed by atoms with Gasteiger partial charge in [0.15, 0.2) is 0 Å². The van der Waals surface area contributed by atoms with Gasteiger partial charge in [-0.3, -0.25) is 0 Å². The van der Waals surface area contributed by atoms with Crippen molar-refractivity contribution in [3.63, 3.8) is 0 Å². The summed E-state index contributed by atoms with van der Waals surface area (Å²) in [4.78, 5) is 0. The highest BCUT2D eigenvalue weighted by atomic mass is 16.5. The first kappa shape index (κ1) is 16.2. The SMILES string of the molecule is CNC(c1ccn(CCOCCCOC)c1)C(C)C. The zero-order chi connectivity index (χ0) is 14.1. The summed E-state index contributed by atoms with van der Waals surface area (Å²) in [5, 5.41) is 3.36. The van der Waals surface area contributed by atoms with E-state index in [1.165, 1.54) is 5.56 Å². The number of nitrogens with zero attached hydrogens (tertiary/aromatic N) is 1. The van der Waals surface area contributed by atoms with Crippen molar-refractivity contribution < 1.29 is 9.47 Å². The van der Waals surface area contributed by atoms with Gasteiger partial charge < -0.3 is 19.4 Å². The van der Waals surface area contributed by atoms with Crippen LogP contribution in [0.15, 0.2) is 18.5 Å². The van der Waals surface area contributed by atoms with Crippen LogP contribution < -0.4 is 5.32 Å². The maximum absolute atomic E-state index is 5.57. The third kappa shape index (κ3) is 5.76. The standard InChI is InChI=1S/C15H28N2O2/c1-13(2)15(16-3)14-6-7-17(12-14)8-11-19-10-5-9-18-4/h6-7,12-13,15-16H,5,8-11H2,1-4H3. The number of rotatable bonds is 10. The fraction of sp³-hybridized carbons (Fsp3) is 0.733. The van der Waals surface area contributed by atoms with Crippen LogP contribution in [0, 0.1) is 5.92 Å². The summed E-state index contributed by atoms with van der Waals surface area (Å²) in [6.07, 6.45) is 5.29. The van der Waals surface area contributed by atoms with Gasteiger partial charge in [0.1, 0.15) is 0 Å². The van der Waals surface area contributed by atoms with Gasteiger partial charge in [-0.15, -0.1) is 0 Å². The maximum Gasteiger partial charge on any atom is 0.0645 e. The fourth-order valence-electron chi connectivity index (χ4n) is 2.24. The van der Waals surface area contributed by atoms with Crippen LogP contribution in [0.2, 0.25) is 0 Å². The molecule has 0 radical (unpaired) electrons. The molecule has 0 saturated heterocycles. The second-order valence-electron chi connectivity index (χ2n) is 5.15. The van der Waals surface area contributed by atoms with Crippen LogP contribution in [0.4, 0.5) is 0 Å². The zero-order valence-electron chi connectivity index (χ0n) is 12.7. The summed E-state index contributed by atoms with van der Waals surface area (Å²) in [6, 6.07) is 2.61. The van der Waals surface area contributed by atoms with Crippen molar-refractivity contribution in [1.29, 1.82) is 0 Å². The van der Waals surface area contributed by atoms with Crippen LogP contribution in [0.25, 0.3) is 0 Å². The summed E-state index contributed by atoms with van der Waals surface area (Å²) in [5.41, 5.74) is 1.34. The first-order valence-electron chi connectivity index (χ1n) is 7.08. The Labute approximate surface area is 117 Å². The summed E-state index contributed by atoms with van der Waals surface area (Å²) in [5.74, 6) is 0.589. The van der Waals surface area contributed by atoms with Crippen molar-refractivity contribution in [1.82, 2.24) is 9.88 Å². The molecule has 0 amide bonds. The van der Waals surface area contributed by atoms with Gasteiger partial charge in [0, 0.05) is 45.3 Å². The first-order chi connectivity index (χ1) is 9.19. The maximum atomic E-state index is 5.57. The molecule has 4 heteroatoms. The minimum Gasteiger partial charge on any atom is -0.385 e. The van der Waals surface area contributed by atoms with E-state index >= 15 is 0 Å². The van der Waals surface area contributed by atoms with Gasteiger partial charge in [-0.1, -0.05) is 13.8 Å². The molecule has 110 valence electrons. The molecule has 0 bridgehead atoms. The lowest BCUT2D eigenvalue weighted by atomic mass is 9.99. The molecule has 0 saturated carbocycles. The Morgan fingerprint density at radius 1 is 1.26 bits per heavy atom. The molecule has 1 rings (SSSR count). The van der Waals surface area contributed by atoms with Crippen molar-refractivity contribution >= 4 is 0 Å². The smallest absolute Gasteiger partial charge is 0.0645 e. The van der Waals surface area contributed by atoms with Crippen LogP contribution in [-0.4, -0.2) is 38.5 Å². The lowest BCUT2D eigenvalue weighted by Gasteiger charge is -2.18. The Morgan fingerprint density at radius 3 is 2.68 bits per heavy atom. The molecule has 1 heterocycles. The second kappa shape index (κ2) is 9.13. The Kier molecular flexibility index (Phi) is 7.79. The van der Waals surface area contributed by atoms with Crippen LogP contribution in [0.1, 0.15) is 31.9 Å². The third-order valence-electron chi connectivity index (χ3n) is 3.24. The molecule has 0 spiro atoms. The van der Waals surface area contributed by atoms with Gasteiger partial charge in [0.25, 0.3) is 0 Å². The van der Waals surface area contributed by atoms with Crippen molar-refractivity contribution in [3.05, 3.63) is 24.0 Å². The number of ether oxygens (including phenoxy) is 2. The molecule has 4 nitrogen and oxygen atoms in total. The Morgan fingerprint density at radius 2 is 2.05 bits per heavy atom. The molecule has 1 aromatic heterocycles. The van der Waals surface area contributed by atoms with E-state index in [4.69, 9.17) is 9.47 Å². The molecule has 1 atom stereocenters. The molecule has 0 aliphatic carbocycles. The van der Waals surface area contributed by atoms with Crippen LogP contribution in [-0.2, 0) is 16.0 Å². The summed E-state index contributed by atoms with van der Waals surface area (Å²) in [6.45, 7) is 7.67. The molecule has 0 aromatic carbocycles. The van der Waals surface area contributed by atoms with E-state index in [0.717, 1.165) is 32.8 Å². The molecule has 1 N–H and O–H groups in total. The number of hydrogen-bond acceptors (Lipinski definition) is 3. The number of methoxy groups -OCH3 is 1. The second-order valence-corrected chi connectivity index (χ2v) is 5.15. The number of aromatic nitrogens is 1. The fourth-order valence-corrected chi connectivity index (χ4v) is 2.24. The van der Waals surface area contributed by atoms with E-state index in [-0.39, 0.29) is 0 Å². The molecule has 0 aliphatic rings. The summed E-state index contributed by atoms with van der Waals surface area (Å²) < 4.78 is 12.7. The highest BCUT2D eigenvalue weighted by molar-refractivity contribution is 5.16. The topological polar surface area (TPSA) is 35.4 Å².